The molecule has 3 heteroatoms. The first-order valence-corrected chi connectivity index (χ1v) is 5.77. The van der Waals surface area contributed by atoms with Crippen LogP contribution in [0.3, 0.4) is 0 Å². The van der Waals surface area contributed by atoms with Crippen molar-refractivity contribution in [3.05, 3.63) is 40.4 Å². The lowest BCUT2D eigenvalue weighted by molar-refractivity contribution is 0.192. The van der Waals surface area contributed by atoms with Crippen molar-refractivity contribution in [2.45, 2.75) is 20.0 Å². The van der Waals surface area contributed by atoms with Crippen LogP contribution in [0.5, 0.6) is 0 Å². The number of aliphatic hydroxyl groups excluding tert-OH is 1. The van der Waals surface area contributed by atoms with Gasteiger partial charge in [-0.15, -0.1) is 0 Å². The average Bonchev–Trinajstić information content (AvgIpc) is 2.21. The summed E-state index contributed by atoms with van der Waals surface area (Å²) in [4.78, 5) is 0. The van der Waals surface area contributed by atoms with E-state index in [1.807, 2.05) is 24.3 Å². The van der Waals surface area contributed by atoms with Gasteiger partial charge in [0.15, 0.2) is 0 Å². The Morgan fingerprint density at radius 3 is 2.62 bits per heavy atom. The van der Waals surface area contributed by atoms with Crippen molar-refractivity contribution in [3.8, 4) is 0 Å². The van der Waals surface area contributed by atoms with Gasteiger partial charge in [0.25, 0.3) is 0 Å². The van der Waals surface area contributed by atoms with Gasteiger partial charge in [-0.25, -0.2) is 0 Å². The molecule has 88 valence electrons. The minimum atomic E-state index is -0.302. The summed E-state index contributed by atoms with van der Waals surface area (Å²) in [5.74, 6) is 0. The van der Waals surface area contributed by atoms with Crippen molar-refractivity contribution in [2.24, 2.45) is 0 Å². The van der Waals surface area contributed by atoms with Crippen LogP contribution in [0, 0.1) is 0 Å². The summed E-state index contributed by atoms with van der Waals surface area (Å²) in [5.41, 5.74) is 2.36. The number of hydrogen-bond donors (Lipinski definition) is 2. The largest absolute Gasteiger partial charge is 0.392 e. The fourth-order valence-electron chi connectivity index (χ4n) is 1.37. The van der Waals surface area contributed by atoms with Gasteiger partial charge < -0.3 is 10.4 Å². The maximum absolute atomic E-state index is 9.09. The second kappa shape index (κ2) is 6.69. The molecule has 0 fully saturated rings. The normalized spacial score (nSPS) is 13.9. The van der Waals surface area contributed by atoms with Crippen LogP contribution >= 0.6 is 11.6 Å². The van der Waals surface area contributed by atoms with E-state index in [4.69, 9.17) is 16.7 Å². The molecule has 0 aromatic heterocycles. The van der Waals surface area contributed by atoms with Crippen LogP contribution in [-0.2, 0) is 0 Å². The number of nitrogens with one attached hydrogen (secondary N) is 1. The Labute approximate surface area is 102 Å². The second-order valence-electron chi connectivity index (χ2n) is 4.02. The fraction of sp³-hybridized carbons (Fsp3) is 0.385. The van der Waals surface area contributed by atoms with Crippen molar-refractivity contribution in [2.75, 3.05) is 13.1 Å². The van der Waals surface area contributed by atoms with Gasteiger partial charge >= 0.3 is 0 Å². The summed E-state index contributed by atoms with van der Waals surface area (Å²) < 4.78 is 0. The standard InChI is InChI=1S/C13H18ClNO/c1-10(8-15-9-11(2)16)7-12-3-5-13(14)6-4-12/h3-7,11,15-16H,8-9H2,1-2H3/b10-7+/t11-/m1/s1. The van der Waals surface area contributed by atoms with Crippen LogP contribution < -0.4 is 5.32 Å². The highest BCUT2D eigenvalue weighted by Crippen LogP contribution is 2.12. The molecule has 0 aliphatic carbocycles. The first kappa shape index (κ1) is 13.2. The zero-order valence-electron chi connectivity index (χ0n) is 9.70. The summed E-state index contributed by atoms with van der Waals surface area (Å²) in [6.07, 6.45) is 1.80. The molecule has 0 radical (unpaired) electrons. The molecule has 0 saturated heterocycles. The van der Waals surface area contributed by atoms with Crippen LogP contribution in [0.1, 0.15) is 19.4 Å². The monoisotopic (exact) mass is 239 g/mol. The van der Waals surface area contributed by atoms with Gasteiger partial charge in [-0.2, -0.15) is 0 Å². The van der Waals surface area contributed by atoms with Crippen LogP contribution in [0.15, 0.2) is 29.8 Å². The average molecular weight is 240 g/mol. The summed E-state index contributed by atoms with van der Waals surface area (Å²) in [6.45, 7) is 5.23. The molecule has 2 N–H and O–H groups in total. The quantitative estimate of drug-likeness (QED) is 0.828. The molecule has 1 atom stereocenters. The Bertz CT molecular complexity index is 343. The molecule has 0 saturated carbocycles. The third kappa shape index (κ3) is 5.31. The lowest BCUT2D eigenvalue weighted by Gasteiger charge is -2.07. The Morgan fingerprint density at radius 2 is 2.06 bits per heavy atom. The molecular weight excluding hydrogens is 222 g/mol. The van der Waals surface area contributed by atoms with E-state index < -0.39 is 0 Å². The van der Waals surface area contributed by atoms with E-state index in [9.17, 15) is 0 Å². The Balaban J connectivity index is 2.46. The van der Waals surface area contributed by atoms with Gasteiger partial charge in [-0.05, 0) is 31.5 Å². The number of halogens is 1. The molecule has 0 bridgehead atoms. The molecule has 2 nitrogen and oxygen atoms in total. The first-order chi connectivity index (χ1) is 7.58. The molecule has 1 rings (SSSR count). The molecule has 0 unspecified atom stereocenters. The maximum atomic E-state index is 9.09. The molecule has 0 aliphatic heterocycles. The van der Waals surface area contributed by atoms with E-state index in [-0.39, 0.29) is 6.10 Å². The SMILES string of the molecule is C/C(=C\c1ccc(Cl)cc1)CNC[C@@H](C)O. The molecular formula is C13H18ClNO. The second-order valence-corrected chi connectivity index (χ2v) is 4.46. The van der Waals surface area contributed by atoms with E-state index in [0.717, 1.165) is 17.1 Å². The van der Waals surface area contributed by atoms with E-state index in [1.165, 1.54) is 5.57 Å². The highest BCUT2D eigenvalue weighted by molar-refractivity contribution is 6.30. The molecule has 0 spiro atoms. The Kier molecular flexibility index (Phi) is 5.53. The van der Waals surface area contributed by atoms with Crippen LogP contribution in [0.4, 0.5) is 0 Å². The van der Waals surface area contributed by atoms with Crippen LogP contribution in [-0.4, -0.2) is 24.3 Å². The fourth-order valence-corrected chi connectivity index (χ4v) is 1.50. The minimum absolute atomic E-state index is 0.302. The predicted molar refractivity (Wildman–Crippen MR) is 69.7 cm³/mol. The number of hydrogen-bond acceptors (Lipinski definition) is 2. The predicted octanol–water partition coefficient (Wildman–Crippen LogP) is 2.71. The van der Waals surface area contributed by atoms with E-state index in [1.54, 1.807) is 6.92 Å². The smallest absolute Gasteiger partial charge is 0.0636 e. The van der Waals surface area contributed by atoms with Crippen LogP contribution in [0.25, 0.3) is 6.08 Å². The molecule has 0 aliphatic rings. The van der Waals surface area contributed by atoms with Crippen molar-refractivity contribution in [1.82, 2.24) is 5.32 Å². The highest BCUT2D eigenvalue weighted by Gasteiger charge is 1.95. The topological polar surface area (TPSA) is 32.3 Å². The molecule has 16 heavy (non-hydrogen) atoms. The Hall–Kier alpha value is -0.830. The maximum Gasteiger partial charge on any atom is 0.0636 e. The zero-order chi connectivity index (χ0) is 12.0. The van der Waals surface area contributed by atoms with E-state index in [2.05, 4.69) is 18.3 Å². The van der Waals surface area contributed by atoms with Gasteiger partial charge in [0.1, 0.15) is 0 Å². The third-order valence-electron chi connectivity index (χ3n) is 2.13. The zero-order valence-corrected chi connectivity index (χ0v) is 10.5. The number of rotatable bonds is 5. The highest BCUT2D eigenvalue weighted by atomic mass is 35.5. The first-order valence-electron chi connectivity index (χ1n) is 5.39. The van der Waals surface area contributed by atoms with Crippen molar-refractivity contribution >= 4 is 17.7 Å². The lowest BCUT2D eigenvalue weighted by atomic mass is 10.1. The van der Waals surface area contributed by atoms with Gasteiger partial charge in [0.2, 0.25) is 0 Å². The summed E-state index contributed by atoms with van der Waals surface area (Å²) in [7, 11) is 0. The number of benzene rings is 1. The van der Waals surface area contributed by atoms with E-state index in [0.29, 0.717) is 6.54 Å². The van der Waals surface area contributed by atoms with Crippen LogP contribution in [0.2, 0.25) is 5.02 Å². The minimum Gasteiger partial charge on any atom is -0.392 e. The summed E-state index contributed by atoms with van der Waals surface area (Å²) in [5, 5.41) is 13.0. The van der Waals surface area contributed by atoms with Crippen molar-refractivity contribution < 1.29 is 5.11 Å². The summed E-state index contributed by atoms with van der Waals surface area (Å²) >= 11 is 5.81. The Morgan fingerprint density at radius 1 is 1.44 bits per heavy atom. The lowest BCUT2D eigenvalue weighted by Crippen LogP contribution is -2.25. The van der Waals surface area contributed by atoms with Gasteiger partial charge in [-0.1, -0.05) is 35.4 Å². The van der Waals surface area contributed by atoms with Gasteiger partial charge in [0, 0.05) is 18.1 Å². The van der Waals surface area contributed by atoms with Gasteiger partial charge in [-0.3, -0.25) is 0 Å². The van der Waals surface area contributed by atoms with Gasteiger partial charge in [0.05, 0.1) is 6.10 Å². The summed E-state index contributed by atoms with van der Waals surface area (Å²) in [6, 6.07) is 7.73. The van der Waals surface area contributed by atoms with Crippen molar-refractivity contribution in [3.63, 3.8) is 0 Å². The van der Waals surface area contributed by atoms with Crippen molar-refractivity contribution in [1.29, 1.82) is 0 Å². The third-order valence-corrected chi connectivity index (χ3v) is 2.38. The molecule has 0 heterocycles. The van der Waals surface area contributed by atoms with E-state index >= 15 is 0 Å². The molecule has 1 aromatic carbocycles. The molecule has 0 amide bonds. The molecule has 1 aromatic rings. The number of aliphatic hydroxyl groups is 1.